The lowest BCUT2D eigenvalue weighted by Gasteiger charge is -2.20. The van der Waals surface area contributed by atoms with Crippen LogP contribution in [0.2, 0.25) is 0 Å². The molecule has 0 aliphatic carbocycles. The summed E-state index contributed by atoms with van der Waals surface area (Å²) in [4.78, 5) is 18.8. The van der Waals surface area contributed by atoms with Crippen LogP contribution in [0.5, 0.6) is 0 Å². The van der Waals surface area contributed by atoms with Crippen molar-refractivity contribution in [3.8, 4) is 0 Å². The minimum atomic E-state index is 0.0236. The summed E-state index contributed by atoms with van der Waals surface area (Å²) in [5, 5.41) is 5.18. The number of nitrogens with one attached hydrogen (secondary N) is 1. The monoisotopic (exact) mass is 285 g/mol. The highest BCUT2D eigenvalue weighted by molar-refractivity contribution is 6.09. The summed E-state index contributed by atoms with van der Waals surface area (Å²) in [6, 6.07) is 7.90. The highest BCUT2D eigenvalue weighted by Gasteiger charge is 2.17. The summed E-state index contributed by atoms with van der Waals surface area (Å²) in [5.41, 5.74) is 0.662. The fourth-order valence-electron chi connectivity index (χ4n) is 2.51. The number of anilines is 1. The smallest absolute Gasteiger partial charge is 0.255 e. The number of benzene rings is 1. The van der Waals surface area contributed by atoms with Gasteiger partial charge in [0.25, 0.3) is 5.91 Å². The zero-order valence-electron chi connectivity index (χ0n) is 13.2. The third-order valence-electron chi connectivity index (χ3n) is 3.36. The van der Waals surface area contributed by atoms with Gasteiger partial charge in [-0.3, -0.25) is 4.79 Å². The highest BCUT2D eigenvalue weighted by Crippen LogP contribution is 2.25. The number of hydrogen-bond donors (Lipinski definition) is 1. The van der Waals surface area contributed by atoms with Crippen LogP contribution < -0.4 is 5.32 Å². The van der Waals surface area contributed by atoms with Crippen molar-refractivity contribution in [3.63, 3.8) is 0 Å². The maximum Gasteiger partial charge on any atom is 0.255 e. The predicted octanol–water partition coefficient (Wildman–Crippen LogP) is 3.39. The molecule has 0 spiro atoms. The van der Waals surface area contributed by atoms with Crippen molar-refractivity contribution in [1.82, 2.24) is 9.88 Å². The van der Waals surface area contributed by atoms with Crippen LogP contribution in [-0.4, -0.2) is 35.9 Å². The van der Waals surface area contributed by atoms with Gasteiger partial charge >= 0.3 is 0 Å². The quantitative estimate of drug-likeness (QED) is 0.916. The summed E-state index contributed by atoms with van der Waals surface area (Å²) in [7, 11) is 1.84. The second-order valence-electron chi connectivity index (χ2n) is 5.68. The first kappa shape index (κ1) is 15.3. The van der Waals surface area contributed by atoms with Crippen molar-refractivity contribution < 1.29 is 4.79 Å². The van der Waals surface area contributed by atoms with Crippen LogP contribution in [0.4, 0.5) is 5.82 Å². The minimum Gasteiger partial charge on any atom is -0.370 e. The van der Waals surface area contributed by atoms with Gasteiger partial charge in [-0.15, -0.1) is 0 Å². The van der Waals surface area contributed by atoms with Crippen molar-refractivity contribution in [2.75, 3.05) is 25.5 Å². The van der Waals surface area contributed by atoms with Crippen molar-refractivity contribution in [1.29, 1.82) is 0 Å². The minimum absolute atomic E-state index is 0.0236. The number of carbonyl (C=O) groups is 1. The number of aromatic nitrogens is 1. The van der Waals surface area contributed by atoms with E-state index < -0.39 is 0 Å². The molecule has 0 aliphatic rings. The Labute approximate surface area is 126 Å². The van der Waals surface area contributed by atoms with Crippen molar-refractivity contribution in [2.45, 2.75) is 20.8 Å². The molecule has 0 bridgehead atoms. The predicted molar refractivity (Wildman–Crippen MR) is 87.7 cm³/mol. The number of hydrogen-bond acceptors (Lipinski definition) is 3. The lowest BCUT2D eigenvalue weighted by Crippen LogP contribution is -2.30. The first-order valence-corrected chi connectivity index (χ1v) is 7.41. The Morgan fingerprint density at radius 2 is 1.95 bits per heavy atom. The van der Waals surface area contributed by atoms with E-state index in [9.17, 15) is 4.79 Å². The van der Waals surface area contributed by atoms with Gasteiger partial charge in [-0.2, -0.15) is 0 Å². The van der Waals surface area contributed by atoms with E-state index in [1.165, 1.54) is 0 Å². The molecule has 0 radical (unpaired) electrons. The van der Waals surface area contributed by atoms with Crippen molar-refractivity contribution in [3.05, 3.63) is 36.0 Å². The third-order valence-corrected chi connectivity index (χ3v) is 3.36. The normalized spacial score (nSPS) is 10.9. The number of pyridine rings is 1. The Morgan fingerprint density at radius 1 is 1.29 bits per heavy atom. The van der Waals surface area contributed by atoms with E-state index in [4.69, 9.17) is 0 Å². The lowest BCUT2D eigenvalue weighted by molar-refractivity contribution is 0.0781. The number of rotatable bonds is 5. The van der Waals surface area contributed by atoms with E-state index in [0.717, 1.165) is 29.7 Å². The zero-order chi connectivity index (χ0) is 15.4. The highest BCUT2D eigenvalue weighted by atomic mass is 16.2. The maximum atomic E-state index is 12.6. The van der Waals surface area contributed by atoms with Crippen LogP contribution in [0.15, 0.2) is 30.5 Å². The third kappa shape index (κ3) is 3.32. The average molecular weight is 285 g/mol. The summed E-state index contributed by atoms with van der Waals surface area (Å²) in [5.74, 6) is 1.30. The second-order valence-corrected chi connectivity index (χ2v) is 5.68. The molecule has 0 fully saturated rings. The van der Waals surface area contributed by atoms with E-state index in [2.05, 4.69) is 24.1 Å². The molecule has 1 N–H and O–H groups in total. The summed E-state index contributed by atoms with van der Waals surface area (Å²) < 4.78 is 0. The number of carbonyl (C=O) groups excluding carboxylic acids is 1. The van der Waals surface area contributed by atoms with Gasteiger partial charge in [0.1, 0.15) is 5.82 Å². The van der Waals surface area contributed by atoms with Crippen molar-refractivity contribution >= 4 is 22.5 Å². The second kappa shape index (κ2) is 6.57. The molecule has 4 nitrogen and oxygen atoms in total. The molecule has 112 valence electrons. The van der Waals surface area contributed by atoms with Crippen molar-refractivity contribution in [2.24, 2.45) is 5.92 Å². The molecule has 21 heavy (non-hydrogen) atoms. The molecule has 0 unspecified atom stereocenters. The molecule has 0 atom stereocenters. The molecule has 4 heteroatoms. The van der Waals surface area contributed by atoms with Crippen LogP contribution in [0.25, 0.3) is 10.8 Å². The van der Waals surface area contributed by atoms with Crippen LogP contribution in [0.1, 0.15) is 31.1 Å². The fourth-order valence-corrected chi connectivity index (χ4v) is 2.51. The molecule has 0 saturated heterocycles. The Balaban J connectivity index is 2.45. The largest absolute Gasteiger partial charge is 0.370 e. The zero-order valence-corrected chi connectivity index (χ0v) is 13.2. The van der Waals surface area contributed by atoms with Gasteiger partial charge in [0.15, 0.2) is 0 Å². The van der Waals surface area contributed by atoms with Gasteiger partial charge in [0, 0.05) is 31.7 Å². The van der Waals surface area contributed by atoms with Gasteiger partial charge in [-0.05, 0) is 18.2 Å². The van der Waals surface area contributed by atoms with E-state index in [-0.39, 0.29) is 5.91 Å². The summed E-state index contributed by atoms with van der Waals surface area (Å²) in [6.07, 6.45) is 1.68. The molecule has 1 amide bonds. The van der Waals surface area contributed by atoms with E-state index in [0.29, 0.717) is 11.5 Å². The number of fused-ring (bicyclic) bond motifs is 1. The van der Waals surface area contributed by atoms with Gasteiger partial charge in [0.2, 0.25) is 0 Å². The molecule has 1 aromatic heterocycles. The number of nitrogens with zero attached hydrogens (tertiary/aromatic N) is 2. The van der Waals surface area contributed by atoms with Crippen LogP contribution in [-0.2, 0) is 0 Å². The topological polar surface area (TPSA) is 45.2 Å². The Kier molecular flexibility index (Phi) is 4.78. The van der Waals surface area contributed by atoms with Gasteiger partial charge in [0.05, 0.1) is 5.56 Å². The Bertz CT molecular complexity index is 637. The molecule has 2 rings (SSSR count). The summed E-state index contributed by atoms with van der Waals surface area (Å²) >= 11 is 0. The fraction of sp³-hybridized carbons (Fsp3) is 0.412. The molecular weight excluding hydrogens is 262 g/mol. The SMILES string of the molecule is CCNc1ncc(C(=O)N(C)CC(C)C)c2ccccc12. The van der Waals surface area contributed by atoms with Gasteiger partial charge in [-0.1, -0.05) is 38.1 Å². The van der Waals surface area contributed by atoms with E-state index >= 15 is 0 Å². The number of amides is 1. The maximum absolute atomic E-state index is 12.6. The molecule has 0 aliphatic heterocycles. The first-order chi connectivity index (χ1) is 10.0. The first-order valence-electron chi connectivity index (χ1n) is 7.41. The Hall–Kier alpha value is -2.10. The Morgan fingerprint density at radius 3 is 2.57 bits per heavy atom. The standard InChI is InChI=1S/C17H23N3O/c1-5-18-16-14-9-7-6-8-13(14)15(10-19-16)17(21)20(4)11-12(2)3/h6-10,12H,5,11H2,1-4H3,(H,18,19). The molecule has 1 aromatic carbocycles. The van der Waals surface area contributed by atoms with Crippen LogP contribution in [0, 0.1) is 5.92 Å². The van der Waals surface area contributed by atoms with Crippen LogP contribution in [0.3, 0.4) is 0 Å². The van der Waals surface area contributed by atoms with Crippen LogP contribution >= 0.6 is 0 Å². The average Bonchev–Trinajstić information content (AvgIpc) is 2.46. The van der Waals surface area contributed by atoms with E-state index in [1.54, 1.807) is 11.1 Å². The summed E-state index contributed by atoms with van der Waals surface area (Å²) in [6.45, 7) is 7.79. The molecule has 2 aromatic rings. The van der Waals surface area contributed by atoms with Gasteiger partial charge < -0.3 is 10.2 Å². The lowest BCUT2D eigenvalue weighted by atomic mass is 10.1. The molecule has 0 saturated carbocycles. The molecular formula is C17H23N3O. The molecule has 1 heterocycles. The van der Waals surface area contributed by atoms with E-state index in [1.807, 2.05) is 38.2 Å². The van der Waals surface area contributed by atoms with Gasteiger partial charge in [-0.25, -0.2) is 4.98 Å².